The minimum absolute atomic E-state index is 0.120. The van der Waals surface area contributed by atoms with Crippen molar-refractivity contribution >= 4 is 33.1 Å². The summed E-state index contributed by atoms with van der Waals surface area (Å²) in [6.07, 6.45) is 13.8. The number of aromatic nitrogens is 2. The van der Waals surface area contributed by atoms with Gasteiger partial charge in [0.05, 0.1) is 36.3 Å². The summed E-state index contributed by atoms with van der Waals surface area (Å²) in [6.45, 7) is 4.01. The number of rotatable bonds is 12. The summed E-state index contributed by atoms with van der Waals surface area (Å²) in [6, 6.07) is 13.5. The SMILES string of the molecule is CC[C@H](CC[C@H](/C=C/[C@@H]1CC[C@H]1CN1C[C@@]2(CCCc3cc(Cl)ccc32)COc2ccc(C(=O)OC)cc21)OC)S(=O)(=O)c1ncccn1. The van der Waals surface area contributed by atoms with Crippen LogP contribution in [0.2, 0.25) is 5.02 Å². The molecule has 1 spiro atoms. The number of halogens is 1. The Morgan fingerprint density at radius 2 is 1.96 bits per heavy atom. The third kappa shape index (κ3) is 7.51. The number of sulfone groups is 1. The lowest BCUT2D eigenvalue weighted by molar-refractivity contribution is 0.0600. The van der Waals surface area contributed by atoms with Crippen LogP contribution in [0.15, 0.2) is 72.2 Å². The number of methoxy groups -OCH3 is 2. The third-order valence-electron chi connectivity index (χ3n) is 10.7. The molecule has 0 saturated heterocycles. The first kappa shape index (κ1) is 35.4. The predicted molar refractivity (Wildman–Crippen MR) is 190 cm³/mol. The van der Waals surface area contributed by atoms with Gasteiger partial charge in [-0.1, -0.05) is 36.7 Å². The van der Waals surface area contributed by atoms with Gasteiger partial charge in [-0.3, -0.25) is 0 Å². The standard InChI is InChI=1S/C38H46ClN3O6S/c1-4-32(49(44,45)37-40-19-6-20-41-37)15-14-31(46-2)13-10-26-8-9-29(26)23-42-24-38(18-5-7-27-21-30(39)12-16-33(27)38)25-48-35-17-11-28(22-34(35)42)36(43)47-3/h6,10-13,16-17,19-22,26,29,31-32H,4-5,7-9,14-15,18,23-25H2,1-3H3/b13-10+/t26-,29-,31-,32+,38-/m0/s1. The summed E-state index contributed by atoms with van der Waals surface area (Å²) in [5.74, 6) is 1.15. The van der Waals surface area contributed by atoms with E-state index in [1.807, 2.05) is 25.1 Å². The Hall–Kier alpha value is -3.47. The number of hydrogen-bond donors (Lipinski definition) is 0. The monoisotopic (exact) mass is 707 g/mol. The molecule has 49 heavy (non-hydrogen) atoms. The Balaban J connectivity index is 1.20. The van der Waals surface area contributed by atoms with Crippen LogP contribution in [-0.2, 0) is 31.1 Å². The Morgan fingerprint density at radius 3 is 2.67 bits per heavy atom. The molecule has 262 valence electrons. The second-order valence-electron chi connectivity index (χ2n) is 13.6. The van der Waals surface area contributed by atoms with Crippen molar-refractivity contribution in [3.05, 3.63) is 88.7 Å². The molecule has 0 N–H and O–H groups in total. The molecule has 0 unspecified atom stereocenters. The summed E-state index contributed by atoms with van der Waals surface area (Å²) in [5.41, 5.74) is 3.79. The minimum Gasteiger partial charge on any atom is -0.490 e. The van der Waals surface area contributed by atoms with Crippen molar-refractivity contribution in [1.29, 1.82) is 0 Å². The van der Waals surface area contributed by atoms with Gasteiger partial charge in [-0.2, -0.15) is 0 Å². The molecule has 0 radical (unpaired) electrons. The predicted octanol–water partition coefficient (Wildman–Crippen LogP) is 7.02. The Morgan fingerprint density at radius 1 is 1.14 bits per heavy atom. The molecule has 9 nitrogen and oxygen atoms in total. The van der Waals surface area contributed by atoms with Gasteiger partial charge >= 0.3 is 5.97 Å². The molecule has 1 saturated carbocycles. The van der Waals surface area contributed by atoms with Gasteiger partial charge in [0.25, 0.3) is 0 Å². The first-order chi connectivity index (χ1) is 23.7. The number of fused-ring (bicyclic) bond motifs is 3. The quantitative estimate of drug-likeness (QED) is 0.112. The third-order valence-corrected chi connectivity index (χ3v) is 13.1. The van der Waals surface area contributed by atoms with Crippen molar-refractivity contribution in [3.63, 3.8) is 0 Å². The molecule has 3 aromatic rings. The maximum absolute atomic E-state index is 13.2. The number of aryl methyl sites for hydroxylation is 1. The van der Waals surface area contributed by atoms with Gasteiger partial charge in [0.15, 0.2) is 0 Å². The minimum atomic E-state index is -3.63. The van der Waals surface area contributed by atoms with Crippen LogP contribution in [0.3, 0.4) is 0 Å². The highest BCUT2D eigenvalue weighted by Crippen LogP contribution is 2.46. The molecule has 1 fully saturated rings. The van der Waals surface area contributed by atoms with Crippen molar-refractivity contribution < 1.29 is 27.4 Å². The highest BCUT2D eigenvalue weighted by Gasteiger charge is 2.43. The van der Waals surface area contributed by atoms with Gasteiger partial charge in [-0.15, -0.1) is 0 Å². The lowest BCUT2D eigenvalue weighted by atomic mass is 9.69. The molecule has 2 aliphatic carbocycles. The molecule has 3 aliphatic rings. The van der Waals surface area contributed by atoms with Gasteiger partial charge in [0.1, 0.15) is 5.75 Å². The summed E-state index contributed by atoms with van der Waals surface area (Å²) in [4.78, 5) is 23.0. The summed E-state index contributed by atoms with van der Waals surface area (Å²) < 4.78 is 43.8. The normalized spacial score (nSPS) is 23.1. The van der Waals surface area contributed by atoms with Gasteiger partial charge in [0, 0.05) is 43.0 Å². The lowest BCUT2D eigenvalue weighted by Gasteiger charge is -2.44. The molecule has 0 bridgehead atoms. The molecule has 0 amide bonds. The van der Waals surface area contributed by atoms with E-state index in [0.717, 1.165) is 61.7 Å². The second-order valence-corrected chi connectivity index (χ2v) is 16.2. The van der Waals surface area contributed by atoms with Gasteiger partial charge in [-0.05, 0) is 111 Å². The first-order valence-corrected chi connectivity index (χ1v) is 19.2. The van der Waals surface area contributed by atoms with E-state index in [1.165, 1.54) is 30.6 Å². The Bertz CT molecular complexity index is 1770. The number of esters is 1. The van der Waals surface area contributed by atoms with Crippen LogP contribution in [0.25, 0.3) is 0 Å². The van der Waals surface area contributed by atoms with Crippen molar-refractivity contribution in [2.24, 2.45) is 11.8 Å². The lowest BCUT2D eigenvalue weighted by Crippen LogP contribution is -2.48. The molecule has 2 heterocycles. The van der Waals surface area contributed by atoms with Gasteiger partial charge in [0.2, 0.25) is 15.0 Å². The summed E-state index contributed by atoms with van der Waals surface area (Å²) >= 11 is 6.43. The average molecular weight is 708 g/mol. The number of carbonyl (C=O) groups excluding carboxylic acids is 1. The van der Waals surface area contributed by atoms with Crippen molar-refractivity contribution in [2.45, 2.75) is 80.2 Å². The van der Waals surface area contributed by atoms with Crippen LogP contribution in [0.1, 0.15) is 73.4 Å². The van der Waals surface area contributed by atoms with Crippen LogP contribution in [-0.4, -0.2) is 69.6 Å². The summed E-state index contributed by atoms with van der Waals surface area (Å²) in [7, 11) is -0.555. The Kier molecular flexibility index (Phi) is 11.0. The number of carbonyl (C=O) groups is 1. The number of anilines is 1. The fourth-order valence-corrected chi connectivity index (χ4v) is 9.58. The van der Waals surface area contributed by atoms with Crippen LogP contribution < -0.4 is 9.64 Å². The zero-order valence-corrected chi connectivity index (χ0v) is 30.1. The van der Waals surface area contributed by atoms with E-state index in [-0.39, 0.29) is 22.6 Å². The van der Waals surface area contributed by atoms with E-state index in [9.17, 15) is 13.2 Å². The molecule has 11 heteroatoms. The molecule has 1 aliphatic heterocycles. The molecule has 2 aromatic carbocycles. The number of hydrogen-bond acceptors (Lipinski definition) is 9. The van der Waals surface area contributed by atoms with Crippen LogP contribution in [0, 0.1) is 11.8 Å². The smallest absolute Gasteiger partial charge is 0.337 e. The maximum atomic E-state index is 13.2. The van der Waals surface area contributed by atoms with Gasteiger partial charge in [-0.25, -0.2) is 23.2 Å². The van der Waals surface area contributed by atoms with E-state index in [2.05, 4.69) is 39.2 Å². The molecule has 1 aromatic heterocycles. The topological polar surface area (TPSA) is 108 Å². The first-order valence-electron chi connectivity index (χ1n) is 17.3. The van der Waals surface area contributed by atoms with Crippen LogP contribution in [0.5, 0.6) is 5.75 Å². The zero-order chi connectivity index (χ0) is 34.6. The van der Waals surface area contributed by atoms with E-state index >= 15 is 0 Å². The number of allylic oxidation sites excluding steroid dienone is 1. The number of benzene rings is 2. The second kappa shape index (κ2) is 15.2. The van der Waals surface area contributed by atoms with Gasteiger partial charge < -0.3 is 19.1 Å². The van der Waals surface area contributed by atoms with E-state index < -0.39 is 15.1 Å². The van der Waals surface area contributed by atoms with Crippen LogP contribution >= 0.6 is 11.6 Å². The molecule has 5 atom stereocenters. The van der Waals surface area contributed by atoms with Crippen LogP contribution in [0.4, 0.5) is 5.69 Å². The largest absolute Gasteiger partial charge is 0.490 e. The van der Waals surface area contributed by atoms with E-state index in [4.69, 9.17) is 25.8 Å². The van der Waals surface area contributed by atoms with Crippen molar-refractivity contribution in [3.8, 4) is 5.75 Å². The van der Waals surface area contributed by atoms with Crippen molar-refractivity contribution in [2.75, 3.05) is 38.8 Å². The summed E-state index contributed by atoms with van der Waals surface area (Å²) in [5, 5.41) is 0.0553. The van der Waals surface area contributed by atoms with E-state index in [1.54, 1.807) is 19.2 Å². The molecule has 6 rings (SSSR count). The fraction of sp³-hybridized carbons (Fsp3) is 0.500. The number of ether oxygens (including phenoxy) is 3. The number of nitrogens with zero attached hydrogens (tertiary/aromatic N) is 3. The molecular weight excluding hydrogens is 662 g/mol. The average Bonchev–Trinajstić information content (AvgIpc) is 3.26. The highest BCUT2D eigenvalue weighted by molar-refractivity contribution is 7.91. The van der Waals surface area contributed by atoms with Crippen molar-refractivity contribution in [1.82, 2.24) is 9.97 Å². The fourth-order valence-electron chi connectivity index (χ4n) is 7.79. The van der Waals surface area contributed by atoms with E-state index in [0.29, 0.717) is 43.3 Å². The zero-order valence-electron chi connectivity index (χ0n) is 28.5. The highest BCUT2D eigenvalue weighted by atomic mass is 35.5. The maximum Gasteiger partial charge on any atom is 0.337 e. The Labute approximate surface area is 294 Å². The molecular formula is C38H46ClN3O6S.